The molecule has 2 rings (SSSR count). The van der Waals surface area contributed by atoms with Crippen LogP contribution in [0.2, 0.25) is 0 Å². The lowest BCUT2D eigenvalue weighted by molar-refractivity contribution is -0.120. The normalized spacial score (nSPS) is 21.3. The summed E-state index contributed by atoms with van der Waals surface area (Å²) in [4.78, 5) is 12.4. The molecule has 26 heavy (non-hydrogen) atoms. The highest BCUT2D eigenvalue weighted by molar-refractivity contribution is 7.90. The van der Waals surface area contributed by atoms with Gasteiger partial charge in [-0.3, -0.25) is 4.79 Å². The summed E-state index contributed by atoms with van der Waals surface area (Å²) >= 11 is 0. The van der Waals surface area contributed by atoms with E-state index in [0.29, 0.717) is 31.4 Å². The number of halogens is 1. The molecular weight excluding hydrogens is 359 g/mol. The molecule has 0 atom stereocenters. The summed E-state index contributed by atoms with van der Waals surface area (Å²) < 4.78 is 44.9. The standard InChI is InChI=1S/C18H27FN2O4S/c1-18(2,3)26(23,24)21-13-7-5-12(6-8-13)17(22)20-14-9-10-16(25-4)15(19)11-14/h9-13,21H,5-8H2,1-4H3,(H,20,22)/t12-,13-. The van der Waals surface area contributed by atoms with Gasteiger partial charge in [-0.1, -0.05) is 0 Å². The first-order valence-corrected chi connectivity index (χ1v) is 10.2. The number of methoxy groups -OCH3 is 1. The Labute approximate surface area is 154 Å². The first-order chi connectivity index (χ1) is 12.0. The molecule has 2 N–H and O–H groups in total. The van der Waals surface area contributed by atoms with Crippen LogP contribution in [-0.4, -0.2) is 32.2 Å². The van der Waals surface area contributed by atoms with E-state index >= 15 is 0 Å². The highest BCUT2D eigenvalue weighted by atomic mass is 32.2. The molecule has 1 aliphatic rings. The van der Waals surface area contributed by atoms with E-state index in [9.17, 15) is 17.6 Å². The summed E-state index contributed by atoms with van der Waals surface area (Å²) in [7, 11) is -2.02. The van der Waals surface area contributed by atoms with E-state index in [0.717, 1.165) is 0 Å². The average molecular weight is 386 g/mol. The first-order valence-electron chi connectivity index (χ1n) is 8.70. The second-order valence-corrected chi connectivity index (χ2v) is 10.1. The van der Waals surface area contributed by atoms with Crippen molar-refractivity contribution in [3.05, 3.63) is 24.0 Å². The number of sulfonamides is 1. The van der Waals surface area contributed by atoms with Crippen molar-refractivity contribution in [2.75, 3.05) is 12.4 Å². The molecule has 0 aromatic heterocycles. The van der Waals surface area contributed by atoms with Crippen molar-refractivity contribution < 1.29 is 22.3 Å². The maximum absolute atomic E-state index is 13.7. The largest absolute Gasteiger partial charge is 0.494 e. The second kappa shape index (κ2) is 7.92. The SMILES string of the molecule is COc1ccc(NC(=O)[C@H]2CC[C@H](NS(=O)(=O)C(C)(C)C)CC2)cc1F. The molecule has 0 saturated heterocycles. The first kappa shape index (κ1) is 20.6. The van der Waals surface area contributed by atoms with E-state index in [2.05, 4.69) is 10.0 Å². The number of carbonyl (C=O) groups excluding carboxylic acids is 1. The number of nitrogens with one attached hydrogen (secondary N) is 2. The van der Waals surface area contributed by atoms with Gasteiger partial charge in [-0.05, 0) is 58.6 Å². The molecule has 1 saturated carbocycles. The van der Waals surface area contributed by atoms with Crippen molar-refractivity contribution in [3.63, 3.8) is 0 Å². The van der Waals surface area contributed by atoms with Gasteiger partial charge in [0.15, 0.2) is 11.6 Å². The van der Waals surface area contributed by atoms with Crippen LogP contribution in [0.5, 0.6) is 5.75 Å². The molecule has 146 valence electrons. The van der Waals surface area contributed by atoms with Crippen molar-refractivity contribution in [1.29, 1.82) is 0 Å². The van der Waals surface area contributed by atoms with Gasteiger partial charge in [-0.2, -0.15) is 0 Å². The van der Waals surface area contributed by atoms with Gasteiger partial charge in [0.1, 0.15) is 0 Å². The van der Waals surface area contributed by atoms with E-state index < -0.39 is 20.6 Å². The lowest BCUT2D eigenvalue weighted by Gasteiger charge is -2.30. The van der Waals surface area contributed by atoms with Crippen LogP contribution in [0.25, 0.3) is 0 Å². The Morgan fingerprint density at radius 1 is 1.19 bits per heavy atom. The predicted octanol–water partition coefficient (Wildman–Crippen LogP) is 3.05. The molecule has 1 amide bonds. The van der Waals surface area contributed by atoms with Crippen LogP contribution in [0.3, 0.4) is 0 Å². The molecule has 0 aliphatic heterocycles. The quantitative estimate of drug-likeness (QED) is 0.815. The molecule has 1 aromatic rings. The van der Waals surface area contributed by atoms with Crippen LogP contribution in [0, 0.1) is 11.7 Å². The third-order valence-electron chi connectivity index (χ3n) is 4.65. The fourth-order valence-electron chi connectivity index (χ4n) is 2.86. The Balaban J connectivity index is 1.89. The van der Waals surface area contributed by atoms with E-state index in [1.54, 1.807) is 26.8 Å². The molecule has 1 fully saturated rings. The molecule has 0 heterocycles. The molecule has 0 radical (unpaired) electrons. The topological polar surface area (TPSA) is 84.5 Å². The minimum absolute atomic E-state index is 0.120. The van der Waals surface area contributed by atoms with Crippen molar-refractivity contribution in [3.8, 4) is 5.75 Å². The zero-order valence-electron chi connectivity index (χ0n) is 15.6. The third-order valence-corrected chi connectivity index (χ3v) is 6.90. The highest BCUT2D eigenvalue weighted by Crippen LogP contribution is 2.28. The van der Waals surface area contributed by atoms with Gasteiger partial charge in [0, 0.05) is 23.7 Å². The number of hydrogen-bond acceptors (Lipinski definition) is 4. The van der Waals surface area contributed by atoms with Gasteiger partial charge in [-0.25, -0.2) is 17.5 Å². The fourth-order valence-corrected chi connectivity index (χ4v) is 3.89. The van der Waals surface area contributed by atoms with Crippen LogP contribution < -0.4 is 14.8 Å². The molecular formula is C18H27FN2O4S. The number of rotatable bonds is 5. The summed E-state index contributed by atoms with van der Waals surface area (Å²) in [5.74, 6) is -0.803. The Hall–Kier alpha value is -1.67. The van der Waals surface area contributed by atoms with Gasteiger partial charge in [-0.15, -0.1) is 0 Å². The summed E-state index contributed by atoms with van der Waals surface area (Å²) in [6.45, 7) is 4.97. The summed E-state index contributed by atoms with van der Waals surface area (Å²) in [6, 6.07) is 4.12. The number of amides is 1. The second-order valence-electron chi connectivity index (χ2n) is 7.62. The smallest absolute Gasteiger partial charge is 0.227 e. The zero-order chi connectivity index (χ0) is 19.5. The summed E-state index contributed by atoms with van der Waals surface area (Å²) in [6.07, 6.45) is 2.37. The van der Waals surface area contributed by atoms with E-state index in [1.165, 1.54) is 19.2 Å². The number of benzene rings is 1. The van der Waals surface area contributed by atoms with Crippen molar-refractivity contribution in [2.24, 2.45) is 5.92 Å². The summed E-state index contributed by atoms with van der Waals surface area (Å²) in [5, 5.41) is 2.72. The fraction of sp³-hybridized carbons (Fsp3) is 0.611. The maximum Gasteiger partial charge on any atom is 0.227 e. The van der Waals surface area contributed by atoms with Gasteiger partial charge < -0.3 is 10.1 Å². The number of carbonyl (C=O) groups is 1. The minimum atomic E-state index is -3.40. The number of anilines is 1. The molecule has 1 aliphatic carbocycles. The van der Waals surface area contributed by atoms with E-state index in [-0.39, 0.29) is 23.6 Å². The Kier molecular flexibility index (Phi) is 6.29. The van der Waals surface area contributed by atoms with Crippen LogP contribution in [0.4, 0.5) is 10.1 Å². The van der Waals surface area contributed by atoms with E-state index in [4.69, 9.17) is 4.74 Å². The minimum Gasteiger partial charge on any atom is -0.494 e. The Morgan fingerprint density at radius 2 is 1.81 bits per heavy atom. The van der Waals surface area contributed by atoms with Crippen molar-refractivity contribution in [1.82, 2.24) is 4.72 Å². The Bertz CT molecular complexity index is 751. The zero-order valence-corrected chi connectivity index (χ0v) is 16.5. The molecule has 0 spiro atoms. The predicted molar refractivity (Wildman–Crippen MR) is 99.1 cm³/mol. The van der Waals surface area contributed by atoms with Crippen LogP contribution in [0.1, 0.15) is 46.5 Å². The molecule has 6 nitrogen and oxygen atoms in total. The molecule has 1 aromatic carbocycles. The van der Waals surface area contributed by atoms with Crippen molar-refractivity contribution >= 4 is 21.6 Å². The van der Waals surface area contributed by atoms with Gasteiger partial charge in [0.25, 0.3) is 0 Å². The molecule has 0 unspecified atom stereocenters. The number of ether oxygens (including phenoxy) is 1. The molecule has 0 bridgehead atoms. The lowest BCUT2D eigenvalue weighted by Crippen LogP contribution is -2.46. The maximum atomic E-state index is 13.7. The Morgan fingerprint density at radius 3 is 2.31 bits per heavy atom. The molecule has 8 heteroatoms. The van der Waals surface area contributed by atoms with Crippen molar-refractivity contribution in [2.45, 2.75) is 57.2 Å². The monoisotopic (exact) mass is 386 g/mol. The summed E-state index contributed by atoms with van der Waals surface area (Å²) in [5.41, 5.74) is 0.379. The average Bonchev–Trinajstić information content (AvgIpc) is 2.54. The van der Waals surface area contributed by atoms with E-state index in [1.807, 2.05) is 0 Å². The number of hydrogen-bond donors (Lipinski definition) is 2. The van der Waals surface area contributed by atoms with Gasteiger partial charge >= 0.3 is 0 Å². The van der Waals surface area contributed by atoms with Gasteiger partial charge in [0.2, 0.25) is 15.9 Å². The third kappa shape index (κ3) is 4.94. The van der Waals surface area contributed by atoms with Crippen LogP contribution in [0.15, 0.2) is 18.2 Å². The highest BCUT2D eigenvalue weighted by Gasteiger charge is 2.34. The lowest BCUT2D eigenvalue weighted by atomic mass is 9.86. The van der Waals surface area contributed by atoms with Crippen LogP contribution in [-0.2, 0) is 14.8 Å². The van der Waals surface area contributed by atoms with Crippen LogP contribution >= 0.6 is 0 Å². The van der Waals surface area contributed by atoms with Gasteiger partial charge in [0.05, 0.1) is 11.9 Å².